The van der Waals surface area contributed by atoms with Gasteiger partial charge in [-0.3, -0.25) is 0 Å². The second kappa shape index (κ2) is 8.09. The summed E-state index contributed by atoms with van der Waals surface area (Å²) in [5.41, 5.74) is 0.668. The summed E-state index contributed by atoms with van der Waals surface area (Å²) in [5, 5.41) is 9.01. The fraction of sp³-hybridized carbons (Fsp3) is 0.538. The standard InChI is InChI=1S/C13H21BrN2O3S/c1-16(2)8-4-3-7-15-20(18,19)13-6-5-11(10-17)9-12(13)14/h5-6,9,15,17H,3-4,7-8,10H2,1-2H3. The Balaban J connectivity index is 2.60. The highest BCUT2D eigenvalue weighted by atomic mass is 79.9. The molecule has 0 heterocycles. The molecule has 0 fully saturated rings. The minimum atomic E-state index is -3.51. The molecule has 0 radical (unpaired) electrons. The van der Waals surface area contributed by atoms with Crippen LogP contribution >= 0.6 is 15.9 Å². The van der Waals surface area contributed by atoms with Gasteiger partial charge in [-0.25, -0.2) is 13.1 Å². The molecule has 0 aliphatic rings. The van der Waals surface area contributed by atoms with E-state index in [9.17, 15) is 8.42 Å². The smallest absolute Gasteiger partial charge is 0.241 e. The average Bonchev–Trinajstić information content (AvgIpc) is 2.37. The fourth-order valence-electron chi connectivity index (χ4n) is 1.70. The summed E-state index contributed by atoms with van der Waals surface area (Å²) >= 11 is 3.23. The van der Waals surface area contributed by atoms with E-state index in [0.717, 1.165) is 19.4 Å². The molecule has 20 heavy (non-hydrogen) atoms. The normalized spacial score (nSPS) is 12.1. The third kappa shape index (κ3) is 5.49. The zero-order valence-corrected chi connectivity index (χ0v) is 14.2. The van der Waals surface area contributed by atoms with Crippen LogP contribution in [-0.4, -0.2) is 45.6 Å². The van der Waals surface area contributed by atoms with Gasteiger partial charge in [-0.2, -0.15) is 0 Å². The Morgan fingerprint density at radius 2 is 2.00 bits per heavy atom. The van der Waals surface area contributed by atoms with Gasteiger partial charge in [0.15, 0.2) is 0 Å². The number of benzene rings is 1. The van der Waals surface area contributed by atoms with Crippen LogP contribution in [0.2, 0.25) is 0 Å². The van der Waals surface area contributed by atoms with E-state index < -0.39 is 10.0 Å². The molecule has 0 amide bonds. The molecule has 1 aromatic carbocycles. The molecule has 0 spiro atoms. The summed E-state index contributed by atoms with van der Waals surface area (Å²) in [4.78, 5) is 2.26. The van der Waals surface area contributed by atoms with Crippen molar-refractivity contribution in [2.24, 2.45) is 0 Å². The Kier molecular flexibility index (Phi) is 7.11. The maximum Gasteiger partial charge on any atom is 0.241 e. The van der Waals surface area contributed by atoms with Crippen LogP contribution in [0.15, 0.2) is 27.6 Å². The third-order valence-corrected chi connectivity index (χ3v) is 5.23. The number of rotatable bonds is 8. The van der Waals surface area contributed by atoms with Crippen molar-refractivity contribution in [3.05, 3.63) is 28.2 Å². The molecule has 0 aromatic heterocycles. The molecule has 114 valence electrons. The Labute approximate surface area is 129 Å². The second-order valence-corrected chi connectivity index (χ2v) is 7.42. The quantitative estimate of drug-likeness (QED) is 0.686. The number of aliphatic hydroxyl groups is 1. The lowest BCUT2D eigenvalue weighted by Gasteiger charge is -2.11. The molecule has 1 rings (SSSR count). The topological polar surface area (TPSA) is 69.6 Å². The van der Waals surface area contributed by atoms with Crippen molar-refractivity contribution >= 4 is 26.0 Å². The first-order chi connectivity index (χ1) is 9.36. The van der Waals surface area contributed by atoms with E-state index in [-0.39, 0.29) is 11.5 Å². The van der Waals surface area contributed by atoms with Crippen molar-refractivity contribution < 1.29 is 13.5 Å². The summed E-state index contributed by atoms with van der Waals surface area (Å²) in [6, 6.07) is 4.71. The maximum atomic E-state index is 12.1. The summed E-state index contributed by atoms with van der Waals surface area (Å²) in [6.07, 6.45) is 1.74. The molecule has 0 aliphatic carbocycles. The zero-order chi connectivity index (χ0) is 15.2. The van der Waals surface area contributed by atoms with E-state index >= 15 is 0 Å². The average molecular weight is 365 g/mol. The minimum absolute atomic E-state index is 0.114. The number of nitrogens with zero attached hydrogens (tertiary/aromatic N) is 1. The lowest BCUT2D eigenvalue weighted by atomic mass is 10.2. The number of hydrogen-bond donors (Lipinski definition) is 2. The van der Waals surface area contributed by atoms with Crippen LogP contribution in [0.1, 0.15) is 18.4 Å². The molecule has 7 heteroatoms. The van der Waals surface area contributed by atoms with Gasteiger partial charge in [-0.05, 0) is 67.1 Å². The Bertz CT molecular complexity index is 532. The second-order valence-electron chi connectivity index (χ2n) is 4.83. The van der Waals surface area contributed by atoms with Gasteiger partial charge in [0.25, 0.3) is 0 Å². The van der Waals surface area contributed by atoms with E-state index in [4.69, 9.17) is 5.11 Å². The van der Waals surface area contributed by atoms with E-state index in [0.29, 0.717) is 16.6 Å². The van der Waals surface area contributed by atoms with Crippen LogP contribution in [0.4, 0.5) is 0 Å². The summed E-state index contributed by atoms with van der Waals surface area (Å²) in [7, 11) is 0.471. The zero-order valence-electron chi connectivity index (χ0n) is 11.8. The molecule has 0 saturated carbocycles. The largest absolute Gasteiger partial charge is 0.392 e. The molecular formula is C13H21BrN2O3S. The van der Waals surface area contributed by atoms with Crippen LogP contribution in [0.3, 0.4) is 0 Å². The van der Waals surface area contributed by atoms with E-state index in [1.165, 1.54) is 6.07 Å². The number of aliphatic hydroxyl groups excluding tert-OH is 1. The van der Waals surface area contributed by atoms with Crippen molar-refractivity contribution in [1.82, 2.24) is 9.62 Å². The van der Waals surface area contributed by atoms with Crippen molar-refractivity contribution in [1.29, 1.82) is 0 Å². The Morgan fingerprint density at radius 1 is 1.30 bits per heavy atom. The predicted octanol–water partition coefficient (Wildman–Crippen LogP) is 1.56. The first-order valence-corrected chi connectivity index (χ1v) is 8.68. The minimum Gasteiger partial charge on any atom is -0.392 e. The van der Waals surface area contributed by atoms with Gasteiger partial charge in [0, 0.05) is 11.0 Å². The molecule has 0 aliphatic heterocycles. The van der Waals surface area contributed by atoms with Gasteiger partial charge < -0.3 is 10.0 Å². The Morgan fingerprint density at radius 3 is 2.55 bits per heavy atom. The van der Waals surface area contributed by atoms with Crippen LogP contribution < -0.4 is 4.72 Å². The molecule has 0 unspecified atom stereocenters. The van der Waals surface area contributed by atoms with Crippen LogP contribution in [0.5, 0.6) is 0 Å². The first kappa shape index (κ1) is 17.6. The SMILES string of the molecule is CN(C)CCCCNS(=O)(=O)c1ccc(CO)cc1Br. The van der Waals surface area contributed by atoms with Crippen LogP contribution in [-0.2, 0) is 16.6 Å². The number of nitrogens with one attached hydrogen (secondary N) is 1. The van der Waals surface area contributed by atoms with Gasteiger partial charge in [0.05, 0.1) is 11.5 Å². The van der Waals surface area contributed by atoms with Gasteiger partial charge >= 0.3 is 0 Å². The number of sulfonamides is 1. The maximum absolute atomic E-state index is 12.1. The molecule has 1 aromatic rings. The van der Waals surface area contributed by atoms with Crippen LogP contribution in [0, 0.1) is 0 Å². The highest BCUT2D eigenvalue weighted by Gasteiger charge is 2.17. The number of halogens is 1. The molecule has 5 nitrogen and oxygen atoms in total. The van der Waals surface area contributed by atoms with Crippen LogP contribution in [0.25, 0.3) is 0 Å². The van der Waals surface area contributed by atoms with Crippen molar-refractivity contribution in [3.63, 3.8) is 0 Å². The van der Waals surface area contributed by atoms with E-state index in [1.54, 1.807) is 12.1 Å². The molecule has 0 bridgehead atoms. The first-order valence-electron chi connectivity index (χ1n) is 6.40. The summed E-state index contributed by atoms with van der Waals surface area (Å²) in [5.74, 6) is 0. The lowest BCUT2D eigenvalue weighted by molar-refractivity contribution is 0.281. The van der Waals surface area contributed by atoms with E-state index in [1.807, 2.05) is 14.1 Å². The monoisotopic (exact) mass is 364 g/mol. The summed E-state index contributed by atoms with van der Waals surface area (Å²) < 4.78 is 27.3. The van der Waals surface area contributed by atoms with Gasteiger partial charge in [0.1, 0.15) is 0 Å². The molecule has 2 N–H and O–H groups in total. The third-order valence-electron chi connectivity index (χ3n) is 2.79. The highest BCUT2D eigenvalue weighted by Crippen LogP contribution is 2.23. The number of hydrogen-bond acceptors (Lipinski definition) is 4. The molecule has 0 saturated heterocycles. The Hall–Kier alpha value is -0.470. The van der Waals surface area contributed by atoms with Crippen molar-refractivity contribution in [2.75, 3.05) is 27.2 Å². The van der Waals surface area contributed by atoms with Crippen molar-refractivity contribution in [2.45, 2.75) is 24.3 Å². The summed E-state index contributed by atoms with van der Waals surface area (Å²) in [6.45, 7) is 1.25. The highest BCUT2D eigenvalue weighted by molar-refractivity contribution is 9.10. The lowest BCUT2D eigenvalue weighted by Crippen LogP contribution is -2.26. The van der Waals surface area contributed by atoms with Gasteiger partial charge in [-0.1, -0.05) is 6.07 Å². The van der Waals surface area contributed by atoms with Gasteiger partial charge in [0.2, 0.25) is 10.0 Å². The van der Waals surface area contributed by atoms with Gasteiger partial charge in [-0.15, -0.1) is 0 Å². The van der Waals surface area contributed by atoms with Crippen molar-refractivity contribution in [3.8, 4) is 0 Å². The number of unbranched alkanes of at least 4 members (excludes halogenated alkanes) is 1. The fourth-order valence-corrected chi connectivity index (χ4v) is 3.89. The molecule has 0 atom stereocenters. The molecular weight excluding hydrogens is 344 g/mol. The van der Waals surface area contributed by atoms with E-state index in [2.05, 4.69) is 25.6 Å². The predicted molar refractivity (Wildman–Crippen MR) is 83.0 cm³/mol.